The summed E-state index contributed by atoms with van der Waals surface area (Å²) in [6.07, 6.45) is 2.58. The van der Waals surface area contributed by atoms with Gasteiger partial charge in [-0.3, -0.25) is 0 Å². The Morgan fingerprint density at radius 3 is 2.55 bits per heavy atom. The molecule has 2 atom stereocenters. The predicted octanol–water partition coefficient (Wildman–Crippen LogP) is 3.73. The summed E-state index contributed by atoms with van der Waals surface area (Å²) in [5, 5.41) is 7.90. The molecule has 0 saturated heterocycles. The van der Waals surface area contributed by atoms with E-state index in [0.29, 0.717) is 0 Å². The smallest absolute Gasteiger partial charge is 0.222 e. The maximum atomic E-state index is 4.40. The molecule has 1 aromatic heterocycles. The van der Waals surface area contributed by atoms with Gasteiger partial charge in [-0.05, 0) is 24.5 Å². The molecule has 0 fully saturated rings. The van der Waals surface area contributed by atoms with Gasteiger partial charge in [0.1, 0.15) is 6.33 Å². The lowest BCUT2D eigenvalue weighted by atomic mass is 9.93. The molecule has 3 aromatic rings. The van der Waals surface area contributed by atoms with Gasteiger partial charge < -0.3 is 5.32 Å². The van der Waals surface area contributed by atoms with Crippen LogP contribution in [0.3, 0.4) is 0 Å². The van der Waals surface area contributed by atoms with Crippen molar-refractivity contribution in [1.82, 2.24) is 14.8 Å². The van der Waals surface area contributed by atoms with Crippen LogP contribution in [0, 0.1) is 6.92 Å². The zero-order valence-electron chi connectivity index (χ0n) is 12.5. The molecule has 2 aromatic carbocycles. The second-order valence-corrected chi connectivity index (χ2v) is 5.80. The van der Waals surface area contributed by atoms with E-state index in [1.807, 2.05) is 10.7 Å². The van der Waals surface area contributed by atoms with Gasteiger partial charge >= 0.3 is 0 Å². The highest BCUT2D eigenvalue weighted by atomic mass is 15.4. The van der Waals surface area contributed by atoms with Gasteiger partial charge in [0.25, 0.3) is 0 Å². The van der Waals surface area contributed by atoms with Crippen LogP contribution in [0.2, 0.25) is 0 Å². The van der Waals surface area contributed by atoms with Crippen molar-refractivity contribution in [2.45, 2.75) is 25.4 Å². The molecule has 0 unspecified atom stereocenters. The molecule has 4 nitrogen and oxygen atoms in total. The predicted molar refractivity (Wildman–Crippen MR) is 86.8 cm³/mol. The molecule has 4 heteroatoms. The van der Waals surface area contributed by atoms with Gasteiger partial charge in [-0.1, -0.05) is 60.2 Å². The van der Waals surface area contributed by atoms with Crippen molar-refractivity contribution in [3.63, 3.8) is 0 Å². The highest BCUT2D eigenvalue weighted by Crippen LogP contribution is 2.37. The van der Waals surface area contributed by atoms with Crippen molar-refractivity contribution in [1.29, 1.82) is 0 Å². The Morgan fingerprint density at radius 1 is 1.00 bits per heavy atom. The maximum Gasteiger partial charge on any atom is 0.222 e. The summed E-state index contributed by atoms with van der Waals surface area (Å²) < 4.78 is 1.99. The topological polar surface area (TPSA) is 42.7 Å². The van der Waals surface area contributed by atoms with Crippen molar-refractivity contribution in [2.24, 2.45) is 0 Å². The van der Waals surface area contributed by atoms with Crippen LogP contribution < -0.4 is 5.32 Å². The van der Waals surface area contributed by atoms with Crippen LogP contribution in [-0.2, 0) is 0 Å². The fourth-order valence-corrected chi connectivity index (χ4v) is 3.09. The van der Waals surface area contributed by atoms with E-state index in [4.69, 9.17) is 0 Å². The number of benzene rings is 2. The lowest BCUT2D eigenvalue weighted by molar-refractivity contribution is 0.431. The average Bonchev–Trinajstić information content (AvgIpc) is 3.04. The van der Waals surface area contributed by atoms with E-state index in [2.05, 4.69) is 70.9 Å². The van der Waals surface area contributed by atoms with E-state index in [9.17, 15) is 0 Å². The van der Waals surface area contributed by atoms with Gasteiger partial charge in [0, 0.05) is 0 Å². The molecule has 1 aliphatic heterocycles. The van der Waals surface area contributed by atoms with E-state index in [1.54, 1.807) is 6.33 Å². The minimum absolute atomic E-state index is 0.214. The zero-order valence-corrected chi connectivity index (χ0v) is 12.5. The van der Waals surface area contributed by atoms with E-state index >= 15 is 0 Å². The summed E-state index contributed by atoms with van der Waals surface area (Å²) in [4.78, 5) is 4.37. The van der Waals surface area contributed by atoms with Gasteiger partial charge in [0.2, 0.25) is 5.95 Å². The number of anilines is 1. The van der Waals surface area contributed by atoms with Crippen molar-refractivity contribution in [2.75, 3.05) is 5.32 Å². The standard InChI is InChI=1S/C18H18N4/c1-13-7-9-14(10-8-13)16-11-17(15-5-3-2-4-6-15)22-18(21-16)19-12-20-22/h2-10,12,16-17H,11H2,1H3,(H,19,20,21)/t16-,17+/m0/s1. The molecular weight excluding hydrogens is 272 g/mol. The number of hydrogen-bond acceptors (Lipinski definition) is 3. The van der Waals surface area contributed by atoms with Crippen LogP contribution in [0.5, 0.6) is 0 Å². The molecule has 0 bridgehead atoms. The van der Waals surface area contributed by atoms with E-state index in [0.717, 1.165) is 12.4 Å². The lowest BCUT2D eigenvalue weighted by Gasteiger charge is -2.31. The highest BCUT2D eigenvalue weighted by Gasteiger charge is 2.29. The van der Waals surface area contributed by atoms with Gasteiger partial charge in [-0.15, -0.1) is 0 Å². The zero-order chi connectivity index (χ0) is 14.9. The van der Waals surface area contributed by atoms with Gasteiger partial charge in [-0.2, -0.15) is 10.1 Å². The largest absolute Gasteiger partial charge is 0.348 e. The average molecular weight is 290 g/mol. The fraction of sp³-hybridized carbons (Fsp3) is 0.222. The van der Waals surface area contributed by atoms with E-state index < -0.39 is 0 Å². The second-order valence-electron chi connectivity index (χ2n) is 5.80. The number of fused-ring (bicyclic) bond motifs is 1. The molecular formula is C18H18N4. The first kappa shape index (κ1) is 13.1. The first-order valence-electron chi connectivity index (χ1n) is 7.59. The SMILES string of the molecule is Cc1ccc([C@@H]2C[C@H](c3ccccc3)n3ncnc3N2)cc1. The molecule has 0 spiro atoms. The van der Waals surface area contributed by atoms with Gasteiger partial charge in [0.15, 0.2) is 0 Å². The van der Waals surface area contributed by atoms with Crippen molar-refractivity contribution >= 4 is 5.95 Å². The lowest BCUT2D eigenvalue weighted by Crippen LogP contribution is -2.28. The number of hydrogen-bond donors (Lipinski definition) is 1. The number of aryl methyl sites for hydroxylation is 1. The third-order valence-corrected chi connectivity index (χ3v) is 4.29. The Morgan fingerprint density at radius 2 is 1.77 bits per heavy atom. The number of nitrogens with one attached hydrogen (secondary N) is 1. The summed E-state index contributed by atoms with van der Waals surface area (Å²) in [6.45, 7) is 2.11. The Hall–Kier alpha value is -2.62. The minimum atomic E-state index is 0.214. The van der Waals surface area contributed by atoms with Crippen molar-refractivity contribution < 1.29 is 0 Å². The molecule has 0 saturated carbocycles. The van der Waals surface area contributed by atoms with Crippen LogP contribution in [0.1, 0.15) is 35.2 Å². The Balaban J connectivity index is 1.72. The second kappa shape index (κ2) is 5.30. The van der Waals surface area contributed by atoms with Crippen LogP contribution in [0.15, 0.2) is 60.9 Å². The van der Waals surface area contributed by atoms with Gasteiger partial charge in [-0.25, -0.2) is 4.68 Å². The fourth-order valence-electron chi connectivity index (χ4n) is 3.09. The molecule has 0 aliphatic carbocycles. The van der Waals surface area contributed by atoms with Crippen molar-refractivity contribution in [3.8, 4) is 0 Å². The first-order chi connectivity index (χ1) is 10.8. The molecule has 2 heterocycles. The maximum absolute atomic E-state index is 4.40. The van der Waals surface area contributed by atoms with E-state index in [-0.39, 0.29) is 12.1 Å². The molecule has 1 aliphatic rings. The quantitative estimate of drug-likeness (QED) is 0.782. The normalized spacial score (nSPS) is 20.2. The summed E-state index contributed by atoms with van der Waals surface area (Å²) in [6, 6.07) is 19.7. The molecule has 22 heavy (non-hydrogen) atoms. The third-order valence-electron chi connectivity index (χ3n) is 4.29. The minimum Gasteiger partial charge on any atom is -0.348 e. The van der Waals surface area contributed by atoms with Gasteiger partial charge in [0.05, 0.1) is 12.1 Å². The van der Waals surface area contributed by atoms with Crippen LogP contribution >= 0.6 is 0 Å². The molecule has 110 valence electrons. The van der Waals surface area contributed by atoms with Crippen molar-refractivity contribution in [3.05, 3.63) is 77.6 Å². The Labute approximate surface area is 129 Å². The number of aromatic nitrogens is 3. The Bertz CT molecular complexity index is 761. The summed E-state index contributed by atoms with van der Waals surface area (Å²) >= 11 is 0. The van der Waals surface area contributed by atoms with E-state index in [1.165, 1.54) is 16.7 Å². The van der Waals surface area contributed by atoms with Crippen LogP contribution in [0.25, 0.3) is 0 Å². The van der Waals surface area contributed by atoms with Crippen LogP contribution in [0.4, 0.5) is 5.95 Å². The molecule has 0 amide bonds. The summed E-state index contributed by atoms with van der Waals surface area (Å²) in [7, 11) is 0. The summed E-state index contributed by atoms with van der Waals surface area (Å²) in [5.41, 5.74) is 3.84. The monoisotopic (exact) mass is 290 g/mol. The molecule has 1 N–H and O–H groups in total. The van der Waals surface area contributed by atoms with Crippen LogP contribution in [-0.4, -0.2) is 14.8 Å². The number of nitrogens with zero attached hydrogens (tertiary/aromatic N) is 3. The third kappa shape index (κ3) is 2.26. The molecule has 0 radical (unpaired) electrons. The highest BCUT2D eigenvalue weighted by molar-refractivity contribution is 5.38. The number of rotatable bonds is 2. The Kier molecular flexibility index (Phi) is 3.15. The summed E-state index contributed by atoms with van der Waals surface area (Å²) in [5.74, 6) is 0.839. The first-order valence-corrected chi connectivity index (χ1v) is 7.59. The molecule has 4 rings (SSSR count).